The molecular weight excluding hydrogens is 242 g/mol. The van der Waals surface area contributed by atoms with E-state index >= 15 is 0 Å². The summed E-state index contributed by atoms with van der Waals surface area (Å²) in [7, 11) is 0. The smallest absolute Gasteiger partial charge is 0.203 e. The molecule has 2 aromatic rings. The highest BCUT2D eigenvalue weighted by Gasteiger charge is 2.12. The Balaban J connectivity index is 2.35. The first-order valence-electron chi connectivity index (χ1n) is 5.46. The van der Waals surface area contributed by atoms with E-state index in [1.54, 1.807) is 18.2 Å². The van der Waals surface area contributed by atoms with Gasteiger partial charge in [-0.25, -0.2) is 0 Å². The molecule has 0 unspecified atom stereocenters. The number of ketones is 1. The highest BCUT2D eigenvalue weighted by atomic mass is 32.1. The SMILES string of the molecule is Cc1cccc(C(=O)/C(C#N)=C\c2ccsc2)c1. The van der Waals surface area contributed by atoms with E-state index in [-0.39, 0.29) is 11.4 Å². The molecule has 1 heterocycles. The Labute approximate surface area is 110 Å². The van der Waals surface area contributed by atoms with E-state index in [0.29, 0.717) is 5.56 Å². The average Bonchev–Trinajstić information content (AvgIpc) is 2.88. The van der Waals surface area contributed by atoms with Gasteiger partial charge in [-0.15, -0.1) is 0 Å². The van der Waals surface area contributed by atoms with Gasteiger partial charge >= 0.3 is 0 Å². The van der Waals surface area contributed by atoms with Gasteiger partial charge in [-0.2, -0.15) is 16.6 Å². The molecule has 1 aromatic heterocycles. The molecule has 3 heteroatoms. The van der Waals surface area contributed by atoms with Crippen molar-refractivity contribution in [2.24, 2.45) is 0 Å². The van der Waals surface area contributed by atoms with Gasteiger partial charge in [-0.05, 0) is 41.5 Å². The van der Waals surface area contributed by atoms with Crippen LogP contribution in [0, 0.1) is 18.3 Å². The van der Waals surface area contributed by atoms with Crippen LogP contribution in [0.25, 0.3) is 6.08 Å². The Hall–Kier alpha value is -2.18. The fraction of sp³-hybridized carbons (Fsp3) is 0.0667. The number of nitrogens with zero attached hydrogens (tertiary/aromatic N) is 1. The van der Waals surface area contributed by atoms with E-state index in [4.69, 9.17) is 5.26 Å². The van der Waals surface area contributed by atoms with Crippen molar-refractivity contribution in [3.63, 3.8) is 0 Å². The van der Waals surface area contributed by atoms with Crippen LogP contribution >= 0.6 is 11.3 Å². The lowest BCUT2D eigenvalue weighted by atomic mass is 10.0. The average molecular weight is 253 g/mol. The number of hydrogen-bond acceptors (Lipinski definition) is 3. The monoisotopic (exact) mass is 253 g/mol. The number of rotatable bonds is 3. The van der Waals surface area contributed by atoms with Crippen LogP contribution in [0.4, 0.5) is 0 Å². The number of hydrogen-bond donors (Lipinski definition) is 0. The minimum atomic E-state index is -0.229. The maximum atomic E-state index is 12.2. The summed E-state index contributed by atoms with van der Waals surface area (Å²) < 4.78 is 0. The Bertz CT molecular complexity index is 633. The van der Waals surface area contributed by atoms with Crippen LogP contribution < -0.4 is 0 Å². The predicted molar refractivity (Wildman–Crippen MR) is 73.4 cm³/mol. The van der Waals surface area contributed by atoms with Gasteiger partial charge in [0, 0.05) is 5.56 Å². The van der Waals surface area contributed by atoms with E-state index in [1.807, 2.05) is 42.0 Å². The maximum Gasteiger partial charge on any atom is 0.203 e. The van der Waals surface area contributed by atoms with Gasteiger partial charge in [0.15, 0.2) is 0 Å². The second-order valence-corrected chi connectivity index (χ2v) is 4.71. The molecule has 0 N–H and O–H groups in total. The van der Waals surface area contributed by atoms with E-state index < -0.39 is 0 Å². The molecule has 0 spiro atoms. The number of thiophene rings is 1. The molecule has 0 saturated carbocycles. The van der Waals surface area contributed by atoms with Crippen molar-refractivity contribution >= 4 is 23.2 Å². The van der Waals surface area contributed by atoms with Gasteiger partial charge in [-0.3, -0.25) is 4.79 Å². The number of carbonyl (C=O) groups is 1. The van der Waals surface area contributed by atoms with Crippen LogP contribution in [0.5, 0.6) is 0 Å². The fourth-order valence-corrected chi connectivity index (χ4v) is 2.23. The van der Waals surface area contributed by atoms with Crippen molar-refractivity contribution < 1.29 is 4.79 Å². The van der Waals surface area contributed by atoms with Crippen LogP contribution in [-0.2, 0) is 0 Å². The summed E-state index contributed by atoms with van der Waals surface area (Å²) in [5.41, 5.74) is 2.61. The quantitative estimate of drug-likeness (QED) is 0.473. The van der Waals surface area contributed by atoms with Crippen LogP contribution in [0.3, 0.4) is 0 Å². The topological polar surface area (TPSA) is 40.9 Å². The Morgan fingerprint density at radius 1 is 1.39 bits per heavy atom. The lowest BCUT2D eigenvalue weighted by Crippen LogP contribution is -2.01. The molecule has 1 aromatic carbocycles. The maximum absolute atomic E-state index is 12.2. The van der Waals surface area contributed by atoms with Gasteiger partial charge in [0.1, 0.15) is 11.6 Å². The molecule has 0 saturated heterocycles. The molecule has 0 aliphatic rings. The molecule has 0 aliphatic carbocycles. The second kappa shape index (κ2) is 5.44. The van der Waals surface area contributed by atoms with E-state index in [0.717, 1.165) is 11.1 Å². The lowest BCUT2D eigenvalue weighted by Gasteiger charge is -2.00. The van der Waals surface area contributed by atoms with E-state index in [1.165, 1.54) is 11.3 Å². The van der Waals surface area contributed by atoms with Gasteiger partial charge in [-0.1, -0.05) is 23.8 Å². The van der Waals surface area contributed by atoms with Crippen molar-refractivity contribution in [3.8, 4) is 6.07 Å². The van der Waals surface area contributed by atoms with Gasteiger partial charge in [0.25, 0.3) is 0 Å². The third-order valence-corrected chi connectivity index (χ3v) is 3.20. The first-order chi connectivity index (χ1) is 8.70. The molecule has 2 nitrogen and oxygen atoms in total. The summed E-state index contributed by atoms with van der Waals surface area (Å²) in [4.78, 5) is 12.2. The van der Waals surface area contributed by atoms with Gasteiger partial charge in [0.2, 0.25) is 5.78 Å². The molecule has 0 amide bonds. The number of nitriles is 1. The normalized spacial score (nSPS) is 11.0. The van der Waals surface area contributed by atoms with Crippen LogP contribution in [-0.4, -0.2) is 5.78 Å². The number of aryl methyl sites for hydroxylation is 1. The molecule has 0 bridgehead atoms. The first kappa shape index (κ1) is 12.3. The van der Waals surface area contributed by atoms with Crippen molar-refractivity contribution in [3.05, 3.63) is 63.4 Å². The van der Waals surface area contributed by atoms with Crippen molar-refractivity contribution in [1.29, 1.82) is 5.26 Å². The summed E-state index contributed by atoms with van der Waals surface area (Å²) in [5, 5.41) is 12.9. The zero-order chi connectivity index (χ0) is 13.0. The van der Waals surface area contributed by atoms with Gasteiger partial charge < -0.3 is 0 Å². The van der Waals surface area contributed by atoms with Crippen molar-refractivity contribution in [2.75, 3.05) is 0 Å². The van der Waals surface area contributed by atoms with Gasteiger partial charge in [0.05, 0.1) is 0 Å². The minimum absolute atomic E-state index is 0.166. The standard InChI is InChI=1S/C15H11NOS/c1-11-3-2-4-13(7-11)15(17)14(9-16)8-12-5-6-18-10-12/h2-8,10H,1H3/b14-8-. The zero-order valence-corrected chi connectivity index (χ0v) is 10.7. The molecule has 0 aliphatic heterocycles. The summed E-state index contributed by atoms with van der Waals surface area (Å²) in [6.07, 6.45) is 1.63. The number of benzene rings is 1. The van der Waals surface area contributed by atoms with Crippen molar-refractivity contribution in [1.82, 2.24) is 0 Å². The zero-order valence-electron chi connectivity index (χ0n) is 9.88. The number of carbonyl (C=O) groups excluding carboxylic acids is 1. The summed E-state index contributed by atoms with van der Waals surface area (Å²) in [6.45, 7) is 1.92. The lowest BCUT2D eigenvalue weighted by molar-refractivity contribution is 0.104. The predicted octanol–water partition coefficient (Wildman–Crippen LogP) is 3.85. The molecule has 2 rings (SSSR count). The highest BCUT2D eigenvalue weighted by Crippen LogP contribution is 2.15. The van der Waals surface area contributed by atoms with E-state index in [2.05, 4.69) is 0 Å². The molecule has 0 fully saturated rings. The van der Waals surface area contributed by atoms with Crippen LogP contribution in [0.15, 0.2) is 46.7 Å². The first-order valence-corrected chi connectivity index (χ1v) is 6.40. The summed E-state index contributed by atoms with van der Waals surface area (Å²) >= 11 is 1.54. The minimum Gasteiger partial charge on any atom is -0.288 e. The highest BCUT2D eigenvalue weighted by molar-refractivity contribution is 7.08. The molecule has 18 heavy (non-hydrogen) atoms. The Kier molecular flexibility index (Phi) is 3.71. The third-order valence-electron chi connectivity index (χ3n) is 2.50. The second-order valence-electron chi connectivity index (χ2n) is 3.93. The molecule has 88 valence electrons. The van der Waals surface area contributed by atoms with E-state index in [9.17, 15) is 4.79 Å². The molecule has 0 radical (unpaired) electrons. The number of allylic oxidation sites excluding steroid dienone is 1. The fourth-order valence-electron chi connectivity index (χ4n) is 1.61. The largest absolute Gasteiger partial charge is 0.288 e. The molecule has 0 atom stereocenters. The van der Waals surface area contributed by atoms with Crippen LogP contribution in [0.2, 0.25) is 0 Å². The third kappa shape index (κ3) is 2.73. The Morgan fingerprint density at radius 3 is 2.83 bits per heavy atom. The van der Waals surface area contributed by atoms with Crippen LogP contribution in [0.1, 0.15) is 21.5 Å². The molecular formula is C15H11NOS. The summed E-state index contributed by atoms with van der Waals surface area (Å²) in [5.74, 6) is -0.229. The van der Waals surface area contributed by atoms with Crippen molar-refractivity contribution in [2.45, 2.75) is 6.92 Å². The summed E-state index contributed by atoms with van der Waals surface area (Å²) in [6, 6.07) is 11.1. The Morgan fingerprint density at radius 2 is 2.22 bits per heavy atom. The number of Topliss-reactive ketones (excluding diaryl/α,β-unsaturated/α-hetero) is 1.